The Kier molecular flexibility index (Phi) is 6.32. The van der Waals surface area contributed by atoms with Gasteiger partial charge in [0.15, 0.2) is 5.16 Å². The first-order chi connectivity index (χ1) is 12.5. The summed E-state index contributed by atoms with van der Waals surface area (Å²) in [5, 5.41) is 1.38. The standard InChI is InChI=1S/C19H26N4OS2/c1-21(2)18(24)17-11-16(26-19-20-9-10-22(19)3)13-23(17)12-14-5-7-15(25-4)8-6-14/h5-10,16-17H,11-13H2,1-4H3/t16-,17+/m1/s1. The molecular formula is C19H26N4OS2. The predicted molar refractivity (Wildman–Crippen MR) is 109 cm³/mol. The van der Waals surface area contributed by atoms with Crippen LogP contribution in [0.2, 0.25) is 0 Å². The van der Waals surface area contributed by atoms with Crippen LogP contribution in [0.3, 0.4) is 0 Å². The van der Waals surface area contributed by atoms with E-state index in [1.54, 1.807) is 28.4 Å². The molecule has 0 radical (unpaired) electrons. The van der Waals surface area contributed by atoms with E-state index < -0.39 is 0 Å². The van der Waals surface area contributed by atoms with Crippen LogP contribution in [0.25, 0.3) is 0 Å². The van der Waals surface area contributed by atoms with Gasteiger partial charge in [0.25, 0.3) is 0 Å². The van der Waals surface area contributed by atoms with Crippen LogP contribution in [0.1, 0.15) is 12.0 Å². The third kappa shape index (κ3) is 4.45. The van der Waals surface area contributed by atoms with Gasteiger partial charge in [-0.15, -0.1) is 11.8 Å². The van der Waals surface area contributed by atoms with E-state index in [9.17, 15) is 4.79 Å². The van der Waals surface area contributed by atoms with Crippen LogP contribution in [0, 0.1) is 0 Å². The molecule has 0 aliphatic carbocycles. The molecule has 0 saturated carbocycles. The lowest BCUT2D eigenvalue weighted by atomic mass is 10.1. The van der Waals surface area contributed by atoms with E-state index >= 15 is 0 Å². The molecule has 1 amide bonds. The fraction of sp³-hybridized carbons (Fsp3) is 0.474. The largest absolute Gasteiger partial charge is 0.347 e. The minimum atomic E-state index is -0.0667. The molecule has 2 atom stereocenters. The minimum Gasteiger partial charge on any atom is -0.347 e. The first-order valence-corrected chi connectivity index (χ1v) is 10.8. The molecule has 2 aromatic rings. The lowest BCUT2D eigenvalue weighted by molar-refractivity contribution is -0.133. The Morgan fingerprint density at radius 1 is 1.31 bits per heavy atom. The van der Waals surface area contributed by atoms with Crippen LogP contribution in [0.15, 0.2) is 46.7 Å². The second kappa shape index (κ2) is 8.50. The van der Waals surface area contributed by atoms with Gasteiger partial charge in [-0.1, -0.05) is 23.9 Å². The second-order valence-corrected chi connectivity index (χ2v) is 8.97. The summed E-state index contributed by atoms with van der Waals surface area (Å²) in [5.74, 6) is 0.189. The molecule has 3 rings (SSSR count). The highest BCUT2D eigenvalue weighted by atomic mass is 32.2. The molecule has 0 N–H and O–H groups in total. The molecule has 1 saturated heterocycles. The van der Waals surface area contributed by atoms with Crippen molar-refractivity contribution in [3.63, 3.8) is 0 Å². The normalized spacial score (nSPS) is 20.5. The van der Waals surface area contributed by atoms with Gasteiger partial charge in [-0.2, -0.15) is 0 Å². The maximum Gasteiger partial charge on any atom is 0.239 e. The molecule has 5 nitrogen and oxygen atoms in total. The third-order valence-corrected chi connectivity index (χ3v) is 6.71. The molecule has 0 bridgehead atoms. The molecular weight excluding hydrogens is 364 g/mol. The van der Waals surface area contributed by atoms with Gasteiger partial charge < -0.3 is 9.47 Å². The Bertz CT molecular complexity index is 744. The Morgan fingerprint density at radius 2 is 2.04 bits per heavy atom. The molecule has 1 aromatic heterocycles. The van der Waals surface area contributed by atoms with Gasteiger partial charge in [-0.05, 0) is 30.4 Å². The molecule has 7 heteroatoms. The highest BCUT2D eigenvalue weighted by Gasteiger charge is 2.38. The van der Waals surface area contributed by atoms with Crippen LogP contribution in [0.4, 0.5) is 0 Å². The summed E-state index contributed by atoms with van der Waals surface area (Å²) >= 11 is 3.52. The van der Waals surface area contributed by atoms with Crippen molar-refractivity contribution in [1.29, 1.82) is 0 Å². The van der Waals surface area contributed by atoms with Crippen LogP contribution in [-0.2, 0) is 18.4 Å². The maximum absolute atomic E-state index is 12.7. The summed E-state index contributed by atoms with van der Waals surface area (Å²) in [7, 11) is 5.69. The van der Waals surface area contributed by atoms with Crippen LogP contribution in [0.5, 0.6) is 0 Å². The van der Waals surface area contributed by atoms with Gasteiger partial charge >= 0.3 is 0 Å². The summed E-state index contributed by atoms with van der Waals surface area (Å²) < 4.78 is 2.04. The number of likely N-dealkylation sites (tertiary alicyclic amines) is 1. The van der Waals surface area contributed by atoms with Gasteiger partial charge in [0.1, 0.15) is 0 Å². The highest BCUT2D eigenvalue weighted by Crippen LogP contribution is 2.33. The van der Waals surface area contributed by atoms with Crippen molar-refractivity contribution in [1.82, 2.24) is 19.4 Å². The fourth-order valence-electron chi connectivity index (χ4n) is 3.26. The Hall–Kier alpha value is -1.44. The van der Waals surface area contributed by atoms with Gasteiger partial charge in [0, 0.05) is 56.8 Å². The number of carbonyl (C=O) groups excluding carboxylic acids is 1. The van der Waals surface area contributed by atoms with E-state index in [1.807, 2.05) is 38.1 Å². The summed E-state index contributed by atoms with van der Waals surface area (Å²) in [6, 6.07) is 8.57. The van der Waals surface area contributed by atoms with E-state index in [-0.39, 0.29) is 11.9 Å². The van der Waals surface area contributed by atoms with Crippen LogP contribution >= 0.6 is 23.5 Å². The summed E-state index contributed by atoms with van der Waals surface area (Å²) in [5.41, 5.74) is 1.25. The minimum absolute atomic E-state index is 0.0667. The number of carbonyl (C=O) groups is 1. The van der Waals surface area contributed by atoms with E-state index in [2.05, 4.69) is 40.4 Å². The topological polar surface area (TPSA) is 41.4 Å². The third-order valence-electron chi connectivity index (χ3n) is 4.68. The SMILES string of the molecule is CSc1ccc(CN2C[C@H](Sc3nccn3C)C[C@H]2C(=O)N(C)C)cc1. The number of amides is 1. The Morgan fingerprint density at radius 3 is 2.62 bits per heavy atom. The second-order valence-electron chi connectivity index (χ2n) is 6.82. The van der Waals surface area contributed by atoms with Crippen molar-refractivity contribution in [3.8, 4) is 0 Å². The lowest BCUT2D eigenvalue weighted by Gasteiger charge is -2.26. The molecule has 1 aliphatic heterocycles. The molecule has 0 unspecified atom stereocenters. The number of benzene rings is 1. The van der Waals surface area contributed by atoms with E-state index in [0.717, 1.165) is 24.7 Å². The van der Waals surface area contributed by atoms with Gasteiger partial charge in [0.2, 0.25) is 5.91 Å². The maximum atomic E-state index is 12.7. The van der Waals surface area contributed by atoms with Crippen molar-refractivity contribution in [3.05, 3.63) is 42.2 Å². The zero-order valence-electron chi connectivity index (χ0n) is 15.8. The van der Waals surface area contributed by atoms with Crippen molar-refractivity contribution in [2.45, 2.75) is 34.3 Å². The van der Waals surface area contributed by atoms with E-state index in [0.29, 0.717) is 5.25 Å². The lowest BCUT2D eigenvalue weighted by Crippen LogP contribution is -2.42. The molecule has 1 aromatic carbocycles. The highest BCUT2D eigenvalue weighted by molar-refractivity contribution is 7.99. The molecule has 0 spiro atoms. The van der Waals surface area contributed by atoms with E-state index in [4.69, 9.17) is 0 Å². The number of thioether (sulfide) groups is 2. The summed E-state index contributed by atoms with van der Waals surface area (Å²) in [6.45, 7) is 1.70. The molecule has 140 valence electrons. The summed E-state index contributed by atoms with van der Waals surface area (Å²) in [6.07, 6.45) is 6.73. The smallest absolute Gasteiger partial charge is 0.239 e. The van der Waals surface area contributed by atoms with Crippen LogP contribution in [-0.4, -0.2) is 63.4 Å². The van der Waals surface area contributed by atoms with Crippen molar-refractivity contribution < 1.29 is 4.79 Å². The van der Waals surface area contributed by atoms with Crippen molar-refractivity contribution in [2.24, 2.45) is 7.05 Å². The average molecular weight is 391 g/mol. The molecule has 2 heterocycles. The number of rotatable bonds is 6. The monoisotopic (exact) mass is 390 g/mol. The number of imidazole rings is 1. The van der Waals surface area contributed by atoms with Crippen molar-refractivity contribution in [2.75, 3.05) is 26.9 Å². The predicted octanol–water partition coefficient (Wildman–Crippen LogP) is 2.97. The Labute approximate surface area is 164 Å². The molecule has 26 heavy (non-hydrogen) atoms. The molecule has 1 fully saturated rings. The number of aromatic nitrogens is 2. The quantitative estimate of drug-likeness (QED) is 0.710. The number of aryl methyl sites for hydroxylation is 1. The zero-order chi connectivity index (χ0) is 18.7. The average Bonchev–Trinajstić information content (AvgIpc) is 3.21. The number of likely N-dealkylation sites (N-methyl/N-ethyl adjacent to an activating group) is 1. The first-order valence-electron chi connectivity index (χ1n) is 8.70. The first kappa shape index (κ1) is 19.3. The fourth-order valence-corrected chi connectivity index (χ4v) is 4.86. The number of hydrogen-bond donors (Lipinski definition) is 0. The van der Waals surface area contributed by atoms with Gasteiger partial charge in [-0.25, -0.2) is 4.98 Å². The van der Waals surface area contributed by atoms with E-state index in [1.165, 1.54) is 10.5 Å². The Balaban J connectivity index is 1.73. The number of nitrogens with zero attached hydrogens (tertiary/aromatic N) is 4. The summed E-state index contributed by atoms with van der Waals surface area (Å²) in [4.78, 5) is 22.4. The van der Waals surface area contributed by atoms with Gasteiger partial charge in [-0.3, -0.25) is 9.69 Å². The number of hydrogen-bond acceptors (Lipinski definition) is 5. The zero-order valence-corrected chi connectivity index (χ0v) is 17.4. The van der Waals surface area contributed by atoms with Crippen LogP contribution < -0.4 is 0 Å². The van der Waals surface area contributed by atoms with Gasteiger partial charge in [0.05, 0.1) is 6.04 Å². The molecule has 1 aliphatic rings. The van der Waals surface area contributed by atoms with Crippen molar-refractivity contribution >= 4 is 29.4 Å².